The Balaban J connectivity index is 2.13. The van der Waals surface area contributed by atoms with Crippen molar-refractivity contribution in [2.45, 2.75) is 37.2 Å². The molecule has 0 saturated carbocycles. The lowest BCUT2D eigenvalue weighted by Crippen LogP contribution is -2.23. The number of hydrogen-bond acceptors (Lipinski definition) is 7. The molecule has 0 radical (unpaired) electrons. The second-order valence-electron chi connectivity index (χ2n) is 5.50. The van der Waals surface area contributed by atoms with Gasteiger partial charge in [0.15, 0.2) is 5.16 Å². The highest BCUT2D eigenvalue weighted by Gasteiger charge is 2.22. The molecule has 25 heavy (non-hydrogen) atoms. The Morgan fingerprint density at radius 2 is 2.12 bits per heavy atom. The van der Waals surface area contributed by atoms with Crippen molar-refractivity contribution in [3.05, 3.63) is 34.6 Å². The first-order valence-corrected chi connectivity index (χ1v) is 8.41. The molecule has 1 atom stereocenters. The van der Waals surface area contributed by atoms with Gasteiger partial charge in [0.05, 0.1) is 23.3 Å². The minimum Gasteiger partial charge on any atom is -0.496 e. The molecule has 0 unspecified atom stereocenters. The second-order valence-corrected chi connectivity index (χ2v) is 6.81. The predicted octanol–water partition coefficient (Wildman–Crippen LogP) is 2.90. The van der Waals surface area contributed by atoms with E-state index in [1.54, 1.807) is 19.3 Å². The standard InChI is InChI=1S/C15H19N5O4S/c1-9(2)19-8-16-18-15(19)25-10(3)14(21)17-12-6-5-11(24-4)7-13(12)20(22)23/h5-10H,1-4H3,(H,17,21)/t10-/m0/s1. The number of nitro benzene ring substituents is 1. The minimum atomic E-state index is -0.564. The lowest BCUT2D eigenvalue weighted by atomic mass is 10.2. The molecule has 1 aromatic carbocycles. The first-order valence-electron chi connectivity index (χ1n) is 7.53. The lowest BCUT2D eigenvalue weighted by molar-refractivity contribution is -0.384. The number of aromatic nitrogens is 3. The molecule has 9 nitrogen and oxygen atoms in total. The second kappa shape index (κ2) is 7.97. The molecule has 1 aromatic heterocycles. The molecule has 0 spiro atoms. The average Bonchev–Trinajstić information content (AvgIpc) is 3.03. The summed E-state index contributed by atoms with van der Waals surface area (Å²) < 4.78 is 6.83. The zero-order chi connectivity index (χ0) is 18.6. The number of nitro groups is 1. The Bertz CT molecular complexity index is 777. The highest BCUT2D eigenvalue weighted by molar-refractivity contribution is 8.00. The molecule has 2 rings (SSSR count). The summed E-state index contributed by atoms with van der Waals surface area (Å²) in [6, 6.07) is 4.43. The smallest absolute Gasteiger partial charge is 0.296 e. The molecule has 0 saturated heterocycles. The molecular weight excluding hydrogens is 346 g/mol. The number of carbonyl (C=O) groups excluding carboxylic acids is 1. The van der Waals surface area contributed by atoms with E-state index in [1.807, 2.05) is 18.4 Å². The lowest BCUT2D eigenvalue weighted by Gasteiger charge is -2.14. The van der Waals surface area contributed by atoms with Gasteiger partial charge >= 0.3 is 0 Å². The van der Waals surface area contributed by atoms with E-state index in [-0.39, 0.29) is 23.3 Å². The van der Waals surface area contributed by atoms with Gasteiger partial charge < -0.3 is 14.6 Å². The molecule has 134 valence electrons. The fraction of sp³-hybridized carbons (Fsp3) is 0.400. The summed E-state index contributed by atoms with van der Waals surface area (Å²) >= 11 is 1.24. The fourth-order valence-corrected chi connectivity index (χ4v) is 2.97. The van der Waals surface area contributed by atoms with Gasteiger partial charge in [-0.05, 0) is 32.9 Å². The number of benzene rings is 1. The third-order valence-corrected chi connectivity index (χ3v) is 4.48. The number of rotatable bonds is 7. The van der Waals surface area contributed by atoms with Crippen LogP contribution in [0.2, 0.25) is 0 Å². The van der Waals surface area contributed by atoms with Gasteiger partial charge in [0.25, 0.3) is 5.69 Å². The summed E-state index contributed by atoms with van der Waals surface area (Å²) in [6.07, 6.45) is 1.60. The average molecular weight is 365 g/mol. The SMILES string of the molecule is COc1ccc(NC(=O)[C@H](C)Sc2nncn2C(C)C)c([N+](=O)[O-])c1. The zero-order valence-corrected chi connectivity index (χ0v) is 15.1. The van der Waals surface area contributed by atoms with E-state index in [0.717, 1.165) is 0 Å². The van der Waals surface area contributed by atoms with E-state index in [0.29, 0.717) is 10.9 Å². The summed E-state index contributed by atoms with van der Waals surface area (Å²) in [5, 5.41) is 21.7. The van der Waals surface area contributed by atoms with Crippen molar-refractivity contribution in [2.24, 2.45) is 0 Å². The molecule has 0 fully saturated rings. The molecule has 0 bridgehead atoms. The molecule has 1 heterocycles. The third kappa shape index (κ3) is 4.47. The molecule has 0 aliphatic heterocycles. The van der Waals surface area contributed by atoms with Crippen molar-refractivity contribution < 1.29 is 14.5 Å². The van der Waals surface area contributed by atoms with Crippen LogP contribution in [0.3, 0.4) is 0 Å². The van der Waals surface area contributed by atoms with Gasteiger partial charge in [0.1, 0.15) is 17.8 Å². The van der Waals surface area contributed by atoms with Crippen LogP contribution in [0.4, 0.5) is 11.4 Å². The van der Waals surface area contributed by atoms with E-state index in [4.69, 9.17) is 4.74 Å². The Morgan fingerprint density at radius 3 is 2.72 bits per heavy atom. The maximum absolute atomic E-state index is 12.4. The van der Waals surface area contributed by atoms with Crippen LogP contribution in [0.1, 0.15) is 26.8 Å². The summed E-state index contributed by atoms with van der Waals surface area (Å²) in [4.78, 5) is 23.0. The highest BCUT2D eigenvalue weighted by Crippen LogP contribution is 2.30. The number of methoxy groups -OCH3 is 1. The van der Waals surface area contributed by atoms with Crippen LogP contribution in [0.15, 0.2) is 29.7 Å². The summed E-state index contributed by atoms with van der Waals surface area (Å²) in [7, 11) is 1.42. The molecule has 10 heteroatoms. The number of amides is 1. The van der Waals surface area contributed by atoms with E-state index in [9.17, 15) is 14.9 Å². The molecular formula is C15H19N5O4S. The Hall–Kier alpha value is -2.62. The summed E-state index contributed by atoms with van der Waals surface area (Å²) in [5.41, 5.74) is -0.108. The van der Waals surface area contributed by atoms with Gasteiger partial charge in [-0.3, -0.25) is 14.9 Å². The normalized spacial score (nSPS) is 12.0. The molecule has 1 amide bonds. The van der Waals surface area contributed by atoms with E-state index in [1.165, 1.54) is 31.0 Å². The maximum Gasteiger partial charge on any atom is 0.296 e. The minimum absolute atomic E-state index is 0.119. The van der Waals surface area contributed by atoms with E-state index < -0.39 is 10.2 Å². The monoisotopic (exact) mass is 365 g/mol. The number of carbonyl (C=O) groups is 1. The predicted molar refractivity (Wildman–Crippen MR) is 94.0 cm³/mol. The topological polar surface area (TPSA) is 112 Å². The van der Waals surface area contributed by atoms with Gasteiger partial charge in [0, 0.05) is 6.04 Å². The van der Waals surface area contributed by atoms with Gasteiger partial charge in [-0.15, -0.1) is 10.2 Å². The van der Waals surface area contributed by atoms with Gasteiger partial charge in [-0.2, -0.15) is 0 Å². The number of anilines is 1. The first kappa shape index (κ1) is 18.7. The number of hydrogen-bond donors (Lipinski definition) is 1. The molecule has 0 aliphatic rings. The van der Waals surface area contributed by atoms with Crippen LogP contribution in [-0.4, -0.2) is 38.0 Å². The van der Waals surface area contributed by atoms with Crippen molar-refractivity contribution in [1.29, 1.82) is 0 Å². The van der Waals surface area contributed by atoms with Gasteiger partial charge in [-0.1, -0.05) is 11.8 Å². The van der Waals surface area contributed by atoms with Crippen LogP contribution < -0.4 is 10.1 Å². The van der Waals surface area contributed by atoms with Crippen LogP contribution in [-0.2, 0) is 4.79 Å². The number of thioether (sulfide) groups is 1. The first-order chi connectivity index (χ1) is 11.8. The Labute approximate surface area is 148 Å². The largest absolute Gasteiger partial charge is 0.496 e. The van der Waals surface area contributed by atoms with Crippen LogP contribution >= 0.6 is 11.8 Å². The fourth-order valence-electron chi connectivity index (χ4n) is 2.01. The van der Waals surface area contributed by atoms with Gasteiger partial charge in [-0.25, -0.2) is 0 Å². The highest BCUT2D eigenvalue weighted by atomic mass is 32.2. The number of ether oxygens (including phenoxy) is 1. The van der Waals surface area contributed by atoms with Crippen LogP contribution in [0.25, 0.3) is 0 Å². The van der Waals surface area contributed by atoms with Gasteiger partial charge in [0.2, 0.25) is 5.91 Å². The number of nitrogens with zero attached hydrogens (tertiary/aromatic N) is 4. The molecule has 1 N–H and O–H groups in total. The zero-order valence-electron chi connectivity index (χ0n) is 14.3. The molecule has 0 aliphatic carbocycles. The summed E-state index contributed by atoms with van der Waals surface area (Å²) in [5.74, 6) is -0.0197. The van der Waals surface area contributed by atoms with Crippen molar-refractivity contribution in [3.63, 3.8) is 0 Å². The van der Waals surface area contributed by atoms with E-state index in [2.05, 4.69) is 15.5 Å². The van der Waals surface area contributed by atoms with Crippen LogP contribution in [0, 0.1) is 10.1 Å². The number of nitrogens with one attached hydrogen (secondary N) is 1. The van der Waals surface area contributed by atoms with E-state index >= 15 is 0 Å². The molecule has 2 aromatic rings. The van der Waals surface area contributed by atoms with Crippen molar-refractivity contribution >= 4 is 29.0 Å². The van der Waals surface area contributed by atoms with Crippen LogP contribution in [0.5, 0.6) is 5.75 Å². The quantitative estimate of drug-likeness (QED) is 0.456. The van der Waals surface area contributed by atoms with Crippen molar-refractivity contribution in [2.75, 3.05) is 12.4 Å². The summed E-state index contributed by atoms with van der Waals surface area (Å²) in [6.45, 7) is 5.67. The maximum atomic E-state index is 12.4. The Kier molecular flexibility index (Phi) is 5.97. The van der Waals surface area contributed by atoms with Crippen molar-refractivity contribution in [1.82, 2.24) is 14.8 Å². The Morgan fingerprint density at radius 1 is 1.40 bits per heavy atom. The third-order valence-electron chi connectivity index (χ3n) is 3.41. The van der Waals surface area contributed by atoms with Crippen molar-refractivity contribution in [3.8, 4) is 5.75 Å².